The van der Waals surface area contributed by atoms with Crippen molar-refractivity contribution >= 4 is 39.8 Å². The fraction of sp³-hybridized carbons (Fsp3) is 0. The number of benzene rings is 3. The van der Waals surface area contributed by atoms with Gasteiger partial charge >= 0.3 is 0 Å². The van der Waals surface area contributed by atoms with E-state index in [4.69, 9.17) is 0 Å². The SMILES string of the molecule is C=C(c1cccc(S(=O)[O-])c1)c1ccc2c(c1)Nc1ccccc1S2. The summed E-state index contributed by atoms with van der Waals surface area (Å²) < 4.78 is 22.4. The molecule has 3 nitrogen and oxygen atoms in total. The van der Waals surface area contributed by atoms with E-state index in [2.05, 4.69) is 36.2 Å². The van der Waals surface area contributed by atoms with Crippen molar-refractivity contribution in [2.45, 2.75) is 14.7 Å². The van der Waals surface area contributed by atoms with Gasteiger partial charge in [-0.2, -0.15) is 0 Å². The second-order valence-corrected chi connectivity index (χ2v) is 7.70. The quantitative estimate of drug-likeness (QED) is 0.508. The highest BCUT2D eigenvalue weighted by Crippen LogP contribution is 2.44. The molecule has 0 aromatic heterocycles. The molecule has 0 amide bonds. The Kier molecular flexibility index (Phi) is 4.21. The summed E-state index contributed by atoms with van der Waals surface area (Å²) in [6, 6.07) is 21.1. The molecule has 0 aliphatic carbocycles. The third-order valence-corrected chi connectivity index (χ3v) is 5.87. The molecule has 1 atom stereocenters. The van der Waals surface area contributed by atoms with Gasteiger partial charge in [0.05, 0.1) is 11.4 Å². The number of para-hydroxylation sites is 1. The minimum atomic E-state index is -2.25. The minimum Gasteiger partial charge on any atom is -0.768 e. The van der Waals surface area contributed by atoms with Crippen LogP contribution >= 0.6 is 11.8 Å². The van der Waals surface area contributed by atoms with Crippen LogP contribution in [0.5, 0.6) is 0 Å². The monoisotopic (exact) mass is 364 g/mol. The normalized spacial score (nSPS) is 13.3. The van der Waals surface area contributed by atoms with E-state index < -0.39 is 11.1 Å². The standard InChI is InChI=1S/C20H15NO2S2/c1-13(14-5-4-6-16(11-14)25(22)23)15-9-10-20-18(12-15)21-17-7-2-3-8-19(17)24-20/h2-12,21H,1H2,(H,22,23)/p-1. The lowest BCUT2D eigenvalue weighted by Crippen LogP contribution is -2.00. The van der Waals surface area contributed by atoms with Gasteiger partial charge in [0.2, 0.25) is 0 Å². The van der Waals surface area contributed by atoms with Gasteiger partial charge in [-0.05, 0) is 64.2 Å². The Hall–Kier alpha value is -2.34. The molecule has 3 aromatic rings. The fourth-order valence-corrected chi connectivity index (χ4v) is 4.16. The molecular weight excluding hydrogens is 350 g/mol. The first kappa shape index (κ1) is 16.1. The summed E-state index contributed by atoms with van der Waals surface area (Å²) in [7, 11) is 0. The van der Waals surface area contributed by atoms with Crippen molar-refractivity contribution in [1.29, 1.82) is 0 Å². The zero-order chi connectivity index (χ0) is 17.4. The van der Waals surface area contributed by atoms with Gasteiger partial charge in [-0.1, -0.05) is 48.7 Å². The Labute approximate surface area is 153 Å². The Morgan fingerprint density at radius 3 is 2.52 bits per heavy atom. The molecule has 0 spiro atoms. The molecule has 1 unspecified atom stereocenters. The van der Waals surface area contributed by atoms with E-state index in [1.165, 1.54) is 4.90 Å². The Balaban J connectivity index is 1.68. The van der Waals surface area contributed by atoms with Gasteiger partial charge in [-0.3, -0.25) is 4.21 Å². The summed E-state index contributed by atoms with van der Waals surface area (Å²) >= 11 is -0.514. The molecular formula is C20H14NO2S2-. The van der Waals surface area contributed by atoms with Gasteiger partial charge in [0.15, 0.2) is 0 Å². The first-order chi connectivity index (χ1) is 12.1. The maximum absolute atomic E-state index is 11.2. The van der Waals surface area contributed by atoms with Crippen LogP contribution in [-0.2, 0) is 11.1 Å². The largest absolute Gasteiger partial charge is 0.768 e. The average Bonchev–Trinajstić information content (AvgIpc) is 2.65. The maximum atomic E-state index is 11.2. The first-order valence-electron chi connectivity index (χ1n) is 7.69. The predicted molar refractivity (Wildman–Crippen MR) is 102 cm³/mol. The molecule has 1 heterocycles. The van der Waals surface area contributed by atoms with Crippen molar-refractivity contribution in [3.05, 3.63) is 84.4 Å². The third kappa shape index (κ3) is 3.14. The number of nitrogens with one attached hydrogen (secondary N) is 1. The van der Waals surface area contributed by atoms with Gasteiger partial charge in [0.1, 0.15) is 0 Å². The number of rotatable bonds is 3. The molecule has 0 fully saturated rings. The lowest BCUT2D eigenvalue weighted by atomic mass is 9.99. The number of anilines is 2. The van der Waals surface area contributed by atoms with Crippen LogP contribution in [0, 0.1) is 0 Å². The second kappa shape index (κ2) is 6.52. The summed E-state index contributed by atoms with van der Waals surface area (Å²) in [4.78, 5) is 2.62. The summed E-state index contributed by atoms with van der Waals surface area (Å²) in [6.07, 6.45) is 0. The van der Waals surface area contributed by atoms with Crippen LogP contribution in [0.15, 0.2) is 88.0 Å². The lowest BCUT2D eigenvalue weighted by molar-refractivity contribution is 0.537. The predicted octanol–water partition coefficient (Wildman–Crippen LogP) is 5.19. The Morgan fingerprint density at radius 1 is 0.920 bits per heavy atom. The van der Waals surface area contributed by atoms with E-state index in [9.17, 15) is 8.76 Å². The Morgan fingerprint density at radius 2 is 1.68 bits per heavy atom. The molecule has 0 bridgehead atoms. The van der Waals surface area contributed by atoms with Gasteiger partial charge in [-0.15, -0.1) is 0 Å². The van der Waals surface area contributed by atoms with E-state index in [-0.39, 0.29) is 4.90 Å². The minimum absolute atomic E-state index is 0.263. The van der Waals surface area contributed by atoms with Crippen molar-refractivity contribution in [3.8, 4) is 0 Å². The van der Waals surface area contributed by atoms with Crippen LogP contribution in [0.1, 0.15) is 11.1 Å². The third-order valence-electron chi connectivity index (χ3n) is 4.08. The molecule has 1 aliphatic rings. The molecule has 0 radical (unpaired) electrons. The average molecular weight is 364 g/mol. The summed E-state index contributed by atoms with van der Waals surface area (Å²) in [5.74, 6) is 0. The maximum Gasteiger partial charge on any atom is 0.0532 e. The van der Waals surface area contributed by atoms with Crippen molar-refractivity contribution in [1.82, 2.24) is 0 Å². The van der Waals surface area contributed by atoms with E-state index >= 15 is 0 Å². The first-order valence-corrected chi connectivity index (χ1v) is 9.58. The van der Waals surface area contributed by atoms with E-state index in [0.29, 0.717) is 0 Å². The van der Waals surface area contributed by atoms with Gasteiger partial charge in [-0.25, -0.2) is 0 Å². The summed E-state index contributed by atoms with van der Waals surface area (Å²) in [6.45, 7) is 4.15. The van der Waals surface area contributed by atoms with Gasteiger partial charge < -0.3 is 9.87 Å². The van der Waals surface area contributed by atoms with Gasteiger partial charge in [0, 0.05) is 14.7 Å². The van der Waals surface area contributed by atoms with Crippen LogP contribution in [0.3, 0.4) is 0 Å². The zero-order valence-electron chi connectivity index (χ0n) is 13.2. The van der Waals surface area contributed by atoms with Crippen molar-refractivity contribution < 1.29 is 8.76 Å². The summed E-state index contributed by atoms with van der Waals surface area (Å²) in [5.41, 5.74) is 4.67. The fourth-order valence-electron chi connectivity index (χ4n) is 2.78. The summed E-state index contributed by atoms with van der Waals surface area (Å²) in [5, 5.41) is 3.46. The molecule has 0 saturated carbocycles. The van der Waals surface area contributed by atoms with Crippen molar-refractivity contribution in [2.24, 2.45) is 0 Å². The highest BCUT2D eigenvalue weighted by atomic mass is 32.2. The van der Waals surface area contributed by atoms with Crippen LogP contribution in [0.4, 0.5) is 11.4 Å². The van der Waals surface area contributed by atoms with E-state index in [0.717, 1.165) is 33.0 Å². The lowest BCUT2D eigenvalue weighted by Gasteiger charge is -2.21. The smallest absolute Gasteiger partial charge is 0.0532 e. The molecule has 4 rings (SSSR count). The van der Waals surface area contributed by atoms with Crippen molar-refractivity contribution in [3.63, 3.8) is 0 Å². The highest BCUT2D eigenvalue weighted by Gasteiger charge is 2.16. The second-order valence-electron chi connectivity index (χ2n) is 5.68. The molecule has 5 heteroatoms. The number of hydrogen-bond donors (Lipinski definition) is 1. The molecule has 1 N–H and O–H groups in total. The molecule has 25 heavy (non-hydrogen) atoms. The van der Waals surface area contributed by atoms with E-state index in [1.807, 2.05) is 24.3 Å². The zero-order valence-corrected chi connectivity index (χ0v) is 14.8. The highest BCUT2D eigenvalue weighted by molar-refractivity contribution is 7.99. The van der Waals surface area contributed by atoms with Gasteiger partial charge in [0.25, 0.3) is 0 Å². The molecule has 3 aromatic carbocycles. The molecule has 1 aliphatic heterocycles. The topological polar surface area (TPSA) is 52.2 Å². The molecule has 124 valence electrons. The van der Waals surface area contributed by atoms with Crippen LogP contribution in [0.2, 0.25) is 0 Å². The van der Waals surface area contributed by atoms with E-state index in [1.54, 1.807) is 30.0 Å². The number of fused-ring (bicyclic) bond motifs is 2. The van der Waals surface area contributed by atoms with Crippen LogP contribution in [0.25, 0.3) is 5.57 Å². The van der Waals surface area contributed by atoms with Crippen LogP contribution in [-0.4, -0.2) is 8.76 Å². The van der Waals surface area contributed by atoms with Crippen molar-refractivity contribution in [2.75, 3.05) is 5.32 Å². The Bertz CT molecular complexity index is 1010. The van der Waals surface area contributed by atoms with Crippen LogP contribution < -0.4 is 5.32 Å². The molecule has 0 saturated heterocycles. The number of hydrogen-bond acceptors (Lipinski definition) is 4.